The third-order valence-electron chi connectivity index (χ3n) is 5.74. The zero-order valence-electron chi connectivity index (χ0n) is 16.4. The van der Waals surface area contributed by atoms with Crippen LogP contribution in [0.25, 0.3) is 11.5 Å². The van der Waals surface area contributed by atoms with Gasteiger partial charge >= 0.3 is 0 Å². The van der Waals surface area contributed by atoms with Crippen LogP contribution in [0.2, 0.25) is 0 Å². The molecule has 0 saturated heterocycles. The summed E-state index contributed by atoms with van der Waals surface area (Å²) in [5.41, 5.74) is 2.70. The molecule has 5 heteroatoms. The first kappa shape index (κ1) is 19.6. The van der Waals surface area contributed by atoms with Gasteiger partial charge in [0.1, 0.15) is 5.76 Å². The second-order valence-corrected chi connectivity index (χ2v) is 7.74. The molecular formula is C22H30N2O3. The Hall–Kier alpha value is -2.14. The number of aryl methyl sites for hydroxylation is 2. The molecule has 3 rings (SSSR count). The van der Waals surface area contributed by atoms with Crippen LogP contribution in [-0.4, -0.2) is 29.1 Å². The molecule has 146 valence electrons. The number of aromatic nitrogens is 1. The molecule has 1 aliphatic rings. The topological polar surface area (TPSA) is 75.4 Å². The maximum Gasteiger partial charge on any atom is 0.226 e. The van der Waals surface area contributed by atoms with Crippen LogP contribution < -0.4 is 5.32 Å². The molecule has 0 aliphatic heterocycles. The van der Waals surface area contributed by atoms with E-state index < -0.39 is 0 Å². The molecular weight excluding hydrogens is 340 g/mol. The molecule has 1 heterocycles. The van der Waals surface area contributed by atoms with Crippen molar-refractivity contribution >= 4 is 5.91 Å². The van der Waals surface area contributed by atoms with E-state index in [0.29, 0.717) is 23.9 Å². The Balaban J connectivity index is 1.61. The molecule has 0 atom stereocenters. The average Bonchev–Trinajstić information content (AvgIpc) is 3.07. The lowest BCUT2D eigenvalue weighted by Gasteiger charge is -2.35. The van der Waals surface area contributed by atoms with Crippen LogP contribution in [0.5, 0.6) is 0 Å². The highest BCUT2D eigenvalue weighted by Gasteiger charge is 2.31. The van der Waals surface area contributed by atoms with E-state index in [2.05, 4.69) is 29.4 Å². The van der Waals surface area contributed by atoms with Crippen molar-refractivity contribution in [1.29, 1.82) is 0 Å². The molecule has 1 fully saturated rings. The Labute approximate surface area is 161 Å². The zero-order valence-corrected chi connectivity index (χ0v) is 16.4. The zero-order chi connectivity index (χ0) is 19.3. The molecule has 1 saturated carbocycles. The summed E-state index contributed by atoms with van der Waals surface area (Å²) in [6, 6.07) is 8.14. The van der Waals surface area contributed by atoms with Gasteiger partial charge in [0.05, 0.1) is 18.7 Å². The second-order valence-electron chi connectivity index (χ2n) is 7.74. The van der Waals surface area contributed by atoms with Gasteiger partial charge in [-0.2, -0.15) is 0 Å². The lowest BCUT2D eigenvalue weighted by molar-refractivity contribution is -0.121. The van der Waals surface area contributed by atoms with Crippen LogP contribution in [-0.2, 0) is 17.6 Å². The fourth-order valence-corrected chi connectivity index (χ4v) is 3.79. The highest BCUT2D eigenvalue weighted by Crippen LogP contribution is 2.35. The van der Waals surface area contributed by atoms with Crippen molar-refractivity contribution in [2.24, 2.45) is 5.41 Å². The predicted octanol–water partition coefficient (Wildman–Crippen LogP) is 3.81. The maximum atomic E-state index is 12.4. The van der Waals surface area contributed by atoms with E-state index >= 15 is 0 Å². The first-order valence-electron chi connectivity index (χ1n) is 9.98. The van der Waals surface area contributed by atoms with Gasteiger partial charge < -0.3 is 14.8 Å². The van der Waals surface area contributed by atoms with Crippen LogP contribution in [0.4, 0.5) is 0 Å². The summed E-state index contributed by atoms with van der Waals surface area (Å²) in [5, 5.41) is 12.8. The summed E-state index contributed by atoms with van der Waals surface area (Å²) in [5.74, 6) is 1.16. The van der Waals surface area contributed by atoms with Crippen LogP contribution in [0.1, 0.15) is 56.0 Å². The Morgan fingerprint density at radius 2 is 1.93 bits per heavy atom. The quantitative estimate of drug-likeness (QED) is 0.777. The smallest absolute Gasteiger partial charge is 0.226 e. The van der Waals surface area contributed by atoms with Crippen molar-refractivity contribution < 1.29 is 14.3 Å². The van der Waals surface area contributed by atoms with Crippen molar-refractivity contribution in [3.63, 3.8) is 0 Å². The predicted molar refractivity (Wildman–Crippen MR) is 105 cm³/mol. The molecule has 0 radical (unpaired) electrons. The molecule has 1 aromatic carbocycles. The van der Waals surface area contributed by atoms with Crippen molar-refractivity contribution in [2.45, 2.75) is 58.8 Å². The molecule has 2 N–H and O–H groups in total. The molecule has 1 amide bonds. The van der Waals surface area contributed by atoms with Gasteiger partial charge in [-0.05, 0) is 43.9 Å². The van der Waals surface area contributed by atoms with E-state index in [1.807, 2.05) is 19.1 Å². The minimum absolute atomic E-state index is 0.0716. The summed E-state index contributed by atoms with van der Waals surface area (Å²) in [4.78, 5) is 17.0. The monoisotopic (exact) mass is 370 g/mol. The lowest BCUT2D eigenvalue weighted by atomic mass is 9.74. The Kier molecular flexibility index (Phi) is 6.32. The summed E-state index contributed by atoms with van der Waals surface area (Å²) in [6.07, 6.45) is 6.61. The summed E-state index contributed by atoms with van der Waals surface area (Å²) in [6.45, 7) is 4.63. The molecule has 0 bridgehead atoms. The highest BCUT2D eigenvalue weighted by molar-refractivity contribution is 5.78. The molecule has 27 heavy (non-hydrogen) atoms. The van der Waals surface area contributed by atoms with Crippen molar-refractivity contribution in [3.8, 4) is 11.5 Å². The van der Waals surface area contributed by atoms with E-state index in [1.54, 1.807) is 0 Å². The molecule has 0 unspecified atom stereocenters. The van der Waals surface area contributed by atoms with Gasteiger partial charge in [0, 0.05) is 17.5 Å². The molecule has 5 nitrogen and oxygen atoms in total. The van der Waals surface area contributed by atoms with Crippen molar-refractivity contribution in [3.05, 3.63) is 41.3 Å². The first-order valence-corrected chi connectivity index (χ1v) is 9.98. The van der Waals surface area contributed by atoms with E-state index in [-0.39, 0.29) is 24.3 Å². The summed E-state index contributed by atoms with van der Waals surface area (Å²) >= 11 is 0. The fourth-order valence-electron chi connectivity index (χ4n) is 3.79. The number of carbonyl (C=O) groups excluding carboxylic acids is 1. The van der Waals surface area contributed by atoms with E-state index in [9.17, 15) is 9.90 Å². The van der Waals surface area contributed by atoms with Gasteiger partial charge in [0.15, 0.2) is 0 Å². The van der Waals surface area contributed by atoms with Gasteiger partial charge in [0.25, 0.3) is 0 Å². The largest absolute Gasteiger partial charge is 0.441 e. The number of aliphatic hydroxyl groups is 1. The van der Waals surface area contributed by atoms with Gasteiger partial charge in [0.2, 0.25) is 11.8 Å². The van der Waals surface area contributed by atoms with Crippen LogP contribution in [0.15, 0.2) is 28.7 Å². The van der Waals surface area contributed by atoms with Crippen molar-refractivity contribution in [1.82, 2.24) is 10.3 Å². The number of oxazole rings is 1. The van der Waals surface area contributed by atoms with Gasteiger partial charge in [-0.1, -0.05) is 38.3 Å². The number of amides is 1. The second kappa shape index (κ2) is 8.70. The van der Waals surface area contributed by atoms with Crippen molar-refractivity contribution in [2.75, 3.05) is 13.2 Å². The minimum atomic E-state index is -0.154. The van der Waals surface area contributed by atoms with E-state index in [0.717, 1.165) is 37.7 Å². The number of rotatable bonds is 7. The van der Waals surface area contributed by atoms with Crippen LogP contribution >= 0.6 is 0 Å². The number of hydrogen-bond acceptors (Lipinski definition) is 4. The highest BCUT2D eigenvalue weighted by atomic mass is 16.4. The normalized spacial score (nSPS) is 16.3. The van der Waals surface area contributed by atoms with Gasteiger partial charge in [-0.3, -0.25) is 4.79 Å². The van der Waals surface area contributed by atoms with Crippen LogP contribution in [0.3, 0.4) is 0 Å². The standard InChI is InChI=1S/C22H30N2O3/c1-3-17-7-9-18(10-8-17)21-24-19(16(2)27-21)13-20(26)23-14-22(15-25)11-5-4-6-12-22/h7-10,25H,3-6,11-15H2,1-2H3,(H,23,26). The maximum absolute atomic E-state index is 12.4. The number of nitrogens with one attached hydrogen (secondary N) is 1. The first-order chi connectivity index (χ1) is 13.0. The summed E-state index contributed by atoms with van der Waals surface area (Å²) in [7, 11) is 0. The van der Waals surface area contributed by atoms with Gasteiger partial charge in [-0.15, -0.1) is 0 Å². The molecule has 0 spiro atoms. The average molecular weight is 370 g/mol. The SMILES string of the molecule is CCc1ccc(-c2nc(CC(=O)NCC3(CO)CCCCC3)c(C)o2)cc1. The van der Waals surface area contributed by atoms with Gasteiger partial charge in [-0.25, -0.2) is 4.98 Å². The number of nitrogens with zero attached hydrogens (tertiary/aromatic N) is 1. The Bertz CT molecular complexity index is 758. The number of benzene rings is 1. The van der Waals surface area contributed by atoms with E-state index in [4.69, 9.17) is 4.42 Å². The Morgan fingerprint density at radius 3 is 2.56 bits per heavy atom. The lowest BCUT2D eigenvalue weighted by Crippen LogP contribution is -2.41. The fraction of sp³-hybridized carbons (Fsp3) is 0.545. The summed E-state index contributed by atoms with van der Waals surface area (Å²) < 4.78 is 5.78. The Morgan fingerprint density at radius 1 is 1.22 bits per heavy atom. The third kappa shape index (κ3) is 4.78. The number of aliphatic hydroxyl groups excluding tert-OH is 1. The van der Waals surface area contributed by atoms with Crippen LogP contribution in [0, 0.1) is 12.3 Å². The van der Waals surface area contributed by atoms with E-state index in [1.165, 1.54) is 12.0 Å². The number of carbonyl (C=O) groups is 1. The molecule has 2 aromatic rings. The molecule has 1 aliphatic carbocycles. The number of hydrogen-bond donors (Lipinski definition) is 2. The molecule has 1 aromatic heterocycles. The minimum Gasteiger partial charge on any atom is -0.441 e. The third-order valence-corrected chi connectivity index (χ3v) is 5.74.